The first-order valence-corrected chi connectivity index (χ1v) is 13.2. The van der Waals surface area contributed by atoms with Gasteiger partial charge in [-0.2, -0.15) is 0 Å². The van der Waals surface area contributed by atoms with E-state index < -0.39 is 22.4 Å². The molecule has 194 valence electrons. The zero-order valence-corrected chi connectivity index (χ0v) is 21.8. The SMILES string of the molecule is CO/N=C(\c1ccccc1)c1ccc2c(c1)S(=O)CN2CCCOc1cccc(OC(C)(C)C(=O)[O-])c1. The number of benzene rings is 3. The number of carboxylic acid groups (broad SMARTS) is 1. The highest BCUT2D eigenvalue weighted by Crippen LogP contribution is 2.33. The third kappa shape index (κ3) is 6.29. The van der Waals surface area contributed by atoms with Gasteiger partial charge < -0.3 is 29.1 Å². The molecule has 0 aromatic heterocycles. The first kappa shape index (κ1) is 26.2. The van der Waals surface area contributed by atoms with Gasteiger partial charge in [0.15, 0.2) is 0 Å². The van der Waals surface area contributed by atoms with Gasteiger partial charge in [-0.1, -0.05) is 47.6 Å². The van der Waals surface area contributed by atoms with Crippen LogP contribution in [0.3, 0.4) is 0 Å². The van der Waals surface area contributed by atoms with E-state index in [-0.39, 0.29) is 0 Å². The van der Waals surface area contributed by atoms with Crippen molar-refractivity contribution in [3.05, 3.63) is 83.9 Å². The van der Waals surface area contributed by atoms with Gasteiger partial charge in [-0.3, -0.25) is 4.21 Å². The minimum Gasteiger partial charge on any atom is -0.546 e. The molecule has 1 aliphatic heterocycles. The second-order valence-electron chi connectivity index (χ2n) is 8.99. The summed E-state index contributed by atoms with van der Waals surface area (Å²) in [6.45, 7) is 3.97. The Hall–Kier alpha value is -3.85. The van der Waals surface area contributed by atoms with Gasteiger partial charge in [-0.15, -0.1) is 0 Å². The van der Waals surface area contributed by atoms with E-state index in [0.29, 0.717) is 42.7 Å². The molecule has 0 saturated carbocycles. The maximum atomic E-state index is 12.9. The van der Waals surface area contributed by atoms with E-state index in [1.807, 2.05) is 48.5 Å². The maximum absolute atomic E-state index is 12.9. The highest BCUT2D eigenvalue weighted by molar-refractivity contribution is 7.85. The summed E-state index contributed by atoms with van der Waals surface area (Å²) in [6, 6.07) is 22.4. The van der Waals surface area contributed by atoms with Crippen molar-refractivity contribution in [1.82, 2.24) is 0 Å². The highest BCUT2D eigenvalue weighted by atomic mass is 32.2. The first-order valence-electron chi connectivity index (χ1n) is 11.9. The van der Waals surface area contributed by atoms with E-state index >= 15 is 0 Å². The molecule has 0 radical (unpaired) electrons. The smallest absolute Gasteiger partial charge is 0.143 e. The topological polar surface area (TPSA) is 100 Å². The Labute approximate surface area is 218 Å². The fourth-order valence-corrected chi connectivity index (χ4v) is 5.32. The molecule has 0 amide bonds. The summed E-state index contributed by atoms with van der Waals surface area (Å²) in [5, 5.41) is 15.4. The van der Waals surface area contributed by atoms with Crippen molar-refractivity contribution in [1.29, 1.82) is 0 Å². The molecule has 3 aromatic rings. The number of oxime groups is 1. The Morgan fingerprint density at radius 1 is 1.03 bits per heavy atom. The van der Waals surface area contributed by atoms with Gasteiger partial charge in [0.1, 0.15) is 29.9 Å². The molecule has 37 heavy (non-hydrogen) atoms. The van der Waals surface area contributed by atoms with E-state index in [2.05, 4.69) is 10.1 Å². The fourth-order valence-electron chi connectivity index (χ4n) is 3.94. The van der Waals surface area contributed by atoms with Crippen LogP contribution in [0.2, 0.25) is 0 Å². The molecule has 1 atom stereocenters. The van der Waals surface area contributed by atoms with Crippen LogP contribution in [-0.2, 0) is 20.4 Å². The normalized spacial score (nSPS) is 15.3. The molecule has 0 aliphatic carbocycles. The van der Waals surface area contributed by atoms with Crippen LogP contribution in [0.15, 0.2) is 82.8 Å². The fraction of sp³-hybridized carbons (Fsp3) is 0.286. The highest BCUT2D eigenvalue weighted by Gasteiger charge is 2.26. The monoisotopic (exact) mass is 521 g/mol. The number of hydrogen-bond acceptors (Lipinski definition) is 8. The van der Waals surface area contributed by atoms with Crippen LogP contribution in [0, 0.1) is 0 Å². The van der Waals surface area contributed by atoms with E-state index in [4.69, 9.17) is 14.3 Å². The second-order valence-corrected chi connectivity index (χ2v) is 10.4. The molecule has 1 heterocycles. The van der Waals surface area contributed by atoms with E-state index in [1.54, 1.807) is 24.3 Å². The lowest BCUT2D eigenvalue weighted by Crippen LogP contribution is -2.47. The molecule has 9 heteroatoms. The minimum absolute atomic E-state index is 0.387. The number of anilines is 1. The molecule has 3 aromatic carbocycles. The molecule has 8 nitrogen and oxygen atoms in total. The lowest BCUT2D eigenvalue weighted by atomic mass is 10.0. The molecular formula is C28H29N2O6S-. The number of hydrogen-bond donors (Lipinski definition) is 0. The summed E-state index contributed by atoms with van der Waals surface area (Å²) in [5.74, 6) is 0.0880. The number of aliphatic carboxylic acids is 1. The van der Waals surface area contributed by atoms with Gasteiger partial charge in [-0.05, 0) is 44.5 Å². The molecule has 4 rings (SSSR count). The maximum Gasteiger partial charge on any atom is 0.143 e. The number of carboxylic acids is 1. The van der Waals surface area contributed by atoms with Gasteiger partial charge in [0.05, 0.1) is 39.8 Å². The van der Waals surface area contributed by atoms with E-state index in [1.165, 1.54) is 21.0 Å². The number of carbonyl (C=O) groups is 1. The number of carbonyl (C=O) groups excluding carboxylic acids is 1. The van der Waals surface area contributed by atoms with Crippen LogP contribution in [0.25, 0.3) is 0 Å². The summed E-state index contributed by atoms with van der Waals surface area (Å²) in [6.07, 6.45) is 0.703. The lowest BCUT2D eigenvalue weighted by Gasteiger charge is -2.27. The molecule has 1 unspecified atom stereocenters. The summed E-state index contributed by atoms with van der Waals surface area (Å²) in [5.41, 5.74) is 1.93. The summed E-state index contributed by atoms with van der Waals surface area (Å²) >= 11 is 0. The largest absolute Gasteiger partial charge is 0.546 e. The van der Waals surface area contributed by atoms with E-state index in [9.17, 15) is 14.1 Å². The Morgan fingerprint density at radius 3 is 2.51 bits per heavy atom. The van der Waals surface area contributed by atoms with Gasteiger partial charge in [0.25, 0.3) is 0 Å². The molecular weight excluding hydrogens is 492 g/mol. The average Bonchev–Trinajstić information content (AvgIpc) is 3.20. The van der Waals surface area contributed by atoms with Crippen LogP contribution in [0.4, 0.5) is 5.69 Å². The number of nitrogens with zero attached hydrogens (tertiary/aromatic N) is 2. The first-order chi connectivity index (χ1) is 17.8. The second kappa shape index (κ2) is 11.5. The van der Waals surface area contributed by atoms with Crippen LogP contribution in [0.1, 0.15) is 31.4 Å². The van der Waals surface area contributed by atoms with Gasteiger partial charge in [-0.25, -0.2) is 0 Å². The van der Waals surface area contributed by atoms with Crippen molar-refractivity contribution >= 4 is 28.2 Å². The Bertz CT molecular complexity index is 1310. The van der Waals surface area contributed by atoms with Crippen LogP contribution < -0.4 is 19.5 Å². The van der Waals surface area contributed by atoms with E-state index in [0.717, 1.165) is 21.7 Å². The van der Waals surface area contributed by atoms with Crippen molar-refractivity contribution in [2.45, 2.75) is 30.8 Å². The van der Waals surface area contributed by atoms with Gasteiger partial charge in [0.2, 0.25) is 0 Å². The van der Waals surface area contributed by atoms with Crippen LogP contribution in [0.5, 0.6) is 11.5 Å². The molecule has 0 fully saturated rings. The summed E-state index contributed by atoms with van der Waals surface area (Å²) < 4.78 is 24.3. The minimum atomic E-state index is -1.45. The van der Waals surface area contributed by atoms with Crippen molar-refractivity contribution in [3.63, 3.8) is 0 Å². The number of rotatable bonds is 11. The van der Waals surface area contributed by atoms with Crippen molar-refractivity contribution in [2.24, 2.45) is 5.16 Å². The van der Waals surface area contributed by atoms with Crippen LogP contribution >= 0.6 is 0 Å². The number of fused-ring (bicyclic) bond motifs is 1. The third-order valence-corrected chi connectivity index (χ3v) is 7.20. The predicted molar refractivity (Wildman–Crippen MR) is 140 cm³/mol. The zero-order valence-electron chi connectivity index (χ0n) is 21.0. The predicted octanol–water partition coefficient (Wildman–Crippen LogP) is 3.35. The standard InChI is InChI=1S/C28H30N2O6S/c1-28(2,27(31)32)36-23-12-7-11-22(18-23)35-16-8-15-30-19-37(33)25-17-21(13-14-24(25)30)26(29-34-3)20-9-5-4-6-10-20/h4-7,9-14,17-18H,8,15-16,19H2,1-3H3,(H,31,32)/p-1/b29-26+. The van der Waals surface area contributed by atoms with Crippen molar-refractivity contribution in [3.8, 4) is 11.5 Å². The van der Waals surface area contributed by atoms with Gasteiger partial charge >= 0.3 is 0 Å². The molecule has 1 aliphatic rings. The zero-order chi connectivity index (χ0) is 26.4. The Morgan fingerprint density at radius 2 is 1.78 bits per heavy atom. The summed E-state index contributed by atoms with van der Waals surface area (Å²) in [4.78, 5) is 19.1. The van der Waals surface area contributed by atoms with Gasteiger partial charge in [0, 0.05) is 23.7 Å². The molecule has 0 bridgehead atoms. The van der Waals surface area contributed by atoms with Crippen molar-refractivity contribution in [2.75, 3.05) is 31.0 Å². The quantitative estimate of drug-likeness (QED) is 0.217. The van der Waals surface area contributed by atoms with Crippen LogP contribution in [-0.4, -0.2) is 47.6 Å². The van der Waals surface area contributed by atoms with Crippen molar-refractivity contribution < 1.29 is 28.4 Å². The Balaban J connectivity index is 1.38. The molecule has 0 spiro atoms. The third-order valence-electron chi connectivity index (χ3n) is 5.83. The number of ether oxygens (including phenoxy) is 2. The lowest BCUT2D eigenvalue weighted by molar-refractivity contribution is -0.320. The summed E-state index contributed by atoms with van der Waals surface area (Å²) in [7, 11) is 0.356. The average molecular weight is 522 g/mol. The molecule has 0 N–H and O–H groups in total. The Kier molecular flexibility index (Phi) is 8.13. The molecule has 0 saturated heterocycles.